The summed E-state index contributed by atoms with van der Waals surface area (Å²) < 4.78 is 37.7. The van der Waals surface area contributed by atoms with Crippen LogP contribution in [0.1, 0.15) is 16.8 Å². The van der Waals surface area contributed by atoms with Crippen molar-refractivity contribution in [2.45, 2.75) is 20.0 Å². The molecule has 0 unspecified atom stereocenters. The van der Waals surface area contributed by atoms with E-state index in [2.05, 4.69) is 4.98 Å². The van der Waals surface area contributed by atoms with Crippen LogP contribution < -0.4 is 5.73 Å². The minimum Gasteiger partial charge on any atom is -0.397 e. The molecule has 3 N–H and O–H groups in total. The van der Waals surface area contributed by atoms with Crippen molar-refractivity contribution < 1.29 is 13.2 Å². The van der Waals surface area contributed by atoms with Crippen molar-refractivity contribution in [1.82, 2.24) is 4.98 Å². The maximum Gasteiger partial charge on any atom is 0.416 e. The maximum atomic E-state index is 12.6. The Kier molecular flexibility index (Phi) is 2.15. The zero-order valence-electron chi connectivity index (χ0n) is 8.87. The van der Waals surface area contributed by atoms with Gasteiger partial charge in [0.25, 0.3) is 0 Å². The summed E-state index contributed by atoms with van der Waals surface area (Å²) in [5.41, 5.74) is 7.23. The molecule has 0 atom stereocenters. The van der Waals surface area contributed by atoms with Gasteiger partial charge in [-0.2, -0.15) is 13.2 Å². The zero-order valence-corrected chi connectivity index (χ0v) is 8.87. The third-order valence-corrected chi connectivity index (χ3v) is 2.78. The van der Waals surface area contributed by atoms with Crippen LogP contribution in [0, 0.1) is 13.8 Å². The topological polar surface area (TPSA) is 41.8 Å². The molecule has 86 valence electrons. The van der Waals surface area contributed by atoms with E-state index in [1.807, 2.05) is 6.92 Å². The van der Waals surface area contributed by atoms with Crippen LogP contribution in [0.2, 0.25) is 0 Å². The molecule has 1 aromatic carbocycles. The summed E-state index contributed by atoms with van der Waals surface area (Å²) in [6.45, 7) is 3.58. The number of aromatic amines is 1. The first-order valence-electron chi connectivity index (χ1n) is 4.76. The summed E-state index contributed by atoms with van der Waals surface area (Å²) >= 11 is 0. The lowest BCUT2D eigenvalue weighted by atomic mass is 10.1. The number of fused-ring (bicyclic) bond motifs is 1. The van der Waals surface area contributed by atoms with Gasteiger partial charge in [0.1, 0.15) is 0 Å². The molecule has 1 aromatic heterocycles. The van der Waals surface area contributed by atoms with Crippen LogP contribution in [0.3, 0.4) is 0 Å². The lowest BCUT2D eigenvalue weighted by Crippen LogP contribution is -2.05. The van der Waals surface area contributed by atoms with Gasteiger partial charge in [0.2, 0.25) is 0 Å². The van der Waals surface area contributed by atoms with Crippen LogP contribution in [0.15, 0.2) is 12.1 Å². The molecule has 2 nitrogen and oxygen atoms in total. The monoisotopic (exact) mass is 228 g/mol. The van der Waals surface area contributed by atoms with Crippen molar-refractivity contribution in [3.63, 3.8) is 0 Å². The van der Waals surface area contributed by atoms with E-state index in [9.17, 15) is 13.2 Å². The van der Waals surface area contributed by atoms with E-state index in [-0.39, 0.29) is 5.69 Å². The standard InChI is InChI=1S/C11H11F3N2/c1-5-6(2)16-10-8(5)3-7(4-9(10)15)11(12,13)14/h3-4,16H,15H2,1-2H3. The van der Waals surface area contributed by atoms with Gasteiger partial charge in [-0.1, -0.05) is 0 Å². The second kappa shape index (κ2) is 3.17. The normalized spacial score (nSPS) is 12.3. The highest BCUT2D eigenvalue weighted by atomic mass is 19.4. The fraction of sp³-hybridized carbons (Fsp3) is 0.273. The minimum atomic E-state index is -4.36. The highest BCUT2D eigenvalue weighted by Crippen LogP contribution is 2.35. The zero-order chi connectivity index (χ0) is 12.1. The molecule has 0 radical (unpaired) electrons. The summed E-state index contributed by atoms with van der Waals surface area (Å²) in [7, 11) is 0. The van der Waals surface area contributed by atoms with E-state index in [0.29, 0.717) is 10.9 Å². The molecular formula is C11H11F3N2. The van der Waals surface area contributed by atoms with Gasteiger partial charge in [0.15, 0.2) is 0 Å². The van der Waals surface area contributed by atoms with E-state index < -0.39 is 11.7 Å². The number of aromatic nitrogens is 1. The molecule has 0 aliphatic carbocycles. The number of alkyl halides is 3. The number of benzene rings is 1. The Hall–Kier alpha value is -1.65. The molecule has 2 rings (SSSR count). The predicted octanol–water partition coefficient (Wildman–Crippen LogP) is 3.39. The van der Waals surface area contributed by atoms with Gasteiger partial charge in [0, 0.05) is 11.1 Å². The molecule has 0 aliphatic rings. The number of halogens is 3. The number of H-pyrrole nitrogens is 1. The van der Waals surface area contributed by atoms with Gasteiger partial charge < -0.3 is 10.7 Å². The number of nitrogens with one attached hydrogen (secondary N) is 1. The summed E-state index contributed by atoms with van der Waals surface area (Å²) in [4.78, 5) is 2.98. The second-order valence-corrected chi connectivity index (χ2v) is 3.86. The fourth-order valence-electron chi connectivity index (χ4n) is 1.75. The molecule has 0 fully saturated rings. The van der Waals surface area contributed by atoms with Crippen molar-refractivity contribution in [2.24, 2.45) is 0 Å². The van der Waals surface area contributed by atoms with Crippen molar-refractivity contribution in [3.05, 3.63) is 29.0 Å². The third kappa shape index (κ3) is 1.52. The van der Waals surface area contributed by atoms with E-state index in [1.165, 1.54) is 0 Å². The number of rotatable bonds is 0. The lowest BCUT2D eigenvalue weighted by molar-refractivity contribution is -0.137. The first-order chi connectivity index (χ1) is 7.30. The quantitative estimate of drug-likeness (QED) is 0.667. The Bertz CT molecular complexity index is 552. The Morgan fingerprint density at radius 1 is 1.19 bits per heavy atom. The molecule has 0 saturated heterocycles. The highest BCUT2D eigenvalue weighted by Gasteiger charge is 2.31. The molecule has 2 aromatic rings. The summed E-state index contributed by atoms with van der Waals surface area (Å²) in [6.07, 6.45) is -4.36. The van der Waals surface area contributed by atoms with E-state index in [1.54, 1.807) is 6.92 Å². The van der Waals surface area contributed by atoms with Crippen LogP contribution in [-0.4, -0.2) is 4.98 Å². The van der Waals surface area contributed by atoms with Crippen molar-refractivity contribution in [2.75, 3.05) is 5.73 Å². The fourth-order valence-corrected chi connectivity index (χ4v) is 1.75. The van der Waals surface area contributed by atoms with Crippen LogP contribution >= 0.6 is 0 Å². The van der Waals surface area contributed by atoms with E-state index in [0.717, 1.165) is 23.4 Å². The smallest absolute Gasteiger partial charge is 0.397 e. The average Bonchev–Trinajstić information content (AvgIpc) is 2.44. The predicted molar refractivity (Wildman–Crippen MR) is 57.2 cm³/mol. The first kappa shape index (κ1) is 10.9. The molecule has 0 aliphatic heterocycles. The second-order valence-electron chi connectivity index (χ2n) is 3.86. The Morgan fingerprint density at radius 3 is 2.38 bits per heavy atom. The largest absolute Gasteiger partial charge is 0.416 e. The molecule has 1 heterocycles. The van der Waals surface area contributed by atoms with Crippen molar-refractivity contribution in [3.8, 4) is 0 Å². The molecular weight excluding hydrogens is 217 g/mol. The van der Waals surface area contributed by atoms with Crippen LogP contribution in [0.25, 0.3) is 10.9 Å². The molecule has 0 saturated carbocycles. The van der Waals surface area contributed by atoms with Gasteiger partial charge in [-0.15, -0.1) is 0 Å². The number of aryl methyl sites for hydroxylation is 2. The van der Waals surface area contributed by atoms with Gasteiger partial charge >= 0.3 is 6.18 Å². The number of nitrogen functional groups attached to an aromatic ring is 1. The van der Waals surface area contributed by atoms with Gasteiger partial charge in [0.05, 0.1) is 16.8 Å². The van der Waals surface area contributed by atoms with Crippen LogP contribution in [0.5, 0.6) is 0 Å². The Labute approximate surface area is 90.3 Å². The number of hydrogen-bond donors (Lipinski definition) is 2. The van der Waals surface area contributed by atoms with Crippen LogP contribution in [0.4, 0.5) is 18.9 Å². The average molecular weight is 228 g/mol. The molecule has 5 heteroatoms. The number of hydrogen-bond acceptors (Lipinski definition) is 1. The third-order valence-electron chi connectivity index (χ3n) is 2.78. The van der Waals surface area contributed by atoms with E-state index in [4.69, 9.17) is 5.73 Å². The summed E-state index contributed by atoms with van der Waals surface area (Å²) in [5.74, 6) is 0. The Morgan fingerprint density at radius 2 is 1.81 bits per heavy atom. The first-order valence-corrected chi connectivity index (χ1v) is 4.76. The number of anilines is 1. The molecule has 0 bridgehead atoms. The lowest BCUT2D eigenvalue weighted by Gasteiger charge is -2.08. The Balaban J connectivity index is 2.80. The van der Waals surface area contributed by atoms with E-state index >= 15 is 0 Å². The van der Waals surface area contributed by atoms with Crippen molar-refractivity contribution >= 4 is 16.6 Å². The molecule has 16 heavy (non-hydrogen) atoms. The summed E-state index contributed by atoms with van der Waals surface area (Å²) in [5, 5.41) is 0.532. The van der Waals surface area contributed by atoms with Crippen LogP contribution in [-0.2, 0) is 6.18 Å². The minimum absolute atomic E-state index is 0.126. The SMILES string of the molecule is Cc1[nH]c2c(N)cc(C(F)(F)F)cc2c1C. The van der Waals surface area contributed by atoms with Gasteiger partial charge in [-0.25, -0.2) is 0 Å². The number of nitrogens with two attached hydrogens (primary N) is 1. The highest BCUT2D eigenvalue weighted by molar-refractivity contribution is 5.94. The molecule has 0 spiro atoms. The summed E-state index contributed by atoms with van der Waals surface area (Å²) in [6, 6.07) is 2.09. The maximum absolute atomic E-state index is 12.6. The van der Waals surface area contributed by atoms with Gasteiger partial charge in [-0.3, -0.25) is 0 Å². The molecule has 0 amide bonds. The van der Waals surface area contributed by atoms with Gasteiger partial charge in [-0.05, 0) is 31.5 Å². The van der Waals surface area contributed by atoms with Crippen molar-refractivity contribution in [1.29, 1.82) is 0 Å².